The summed E-state index contributed by atoms with van der Waals surface area (Å²) in [5.41, 5.74) is 0.598. The Balaban J connectivity index is 1.70. The van der Waals surface area contributed by atoms with Gasteiger partial charge in [-0.1, -0.05) is 5.16 Å². The van der Waals surface area contributed by atoms with Crippen molar-refractivity contribution in [3.05, 3.63) is 24.5 Å². The molecular weight excluding hydrogens is 232 g/mol. The van der Waals surface area contributed by atoms with Gasteiger partial charge in [0.05, 0.1) is 24.7 Å². The maximum absolute atomic E-state index is 8.55. The SMILES string of the molecule is N#CCN1CC(c2nc(-c3cnccn3)no2)C1. The van der Waals surface area contributed by atoms with Crippen LogP contribution in [0.4, 0.5) is 0 Å². The first-order valence-electron chi connectivity index (χ1n) is 5.56. The molecule has 1 aliphatic rings. The molecule has 0 aliphatic carbocycles. The number of aromatic nitrogens is 4. The zero-order valence-corrected chi connectivity index (χ0v) is 9.52. The fraction of sp³-hybridized carbons (Fsp3) is 0.364. The van der Waals surface area contributed by atoms with Crippen LogP contribution in [0.15, 0.2) is 23.1 Å². The van der Waals surface area contributed by atoms with Gasteiger partial charge in [0.2, 0.25) is 11.7 Å². The van der Waals surface area contributed by atoms with Gasteiger partial charge in [-0.15, -0.1) is 0 Å². The predicted octanol–water partition coefficient (Wildman–Crippen LogP) is 0.449. The maximum atomic E-state index is 8.55. The van der Waals surface area contributed by atoms with E-state index in [4.69, 9.17) is 9.78 Å². The van der Waals surface area contributed by atoms with Crippen molar-refractivity contribution < 1.29 is 4.52 Å². The molecule has 0 unspecified atom stereocenters. The molecule has 2 aromatic rings. The smallest absolute Gasteiger partial charge is 0.232 e. The third kappa shape index (κ3) is 1.94. The molecule has 7 heteroatoms. The summed E-state index contributed by atoms with van der Waals surface area (Å²) < 4.78 is 5.21. The zero-order valence-electron chi connectivity index (χ0n) is 9.52. The Bertz CT molecular complexity index is 569. The van der Waals surface area contributed by atoms with Crippen molar-refractivity contribution in [2.75, 3.05) is 19.6 Å². The van der Waals surface area contributed by atoms with Gasteiger partial charge in [0.25, 0.3) is 0 Å². The van der Waals surface area contributed by atoms with Gasteiger partial charge in [-0.25, -0.2) is 4.98 Å². The summed E-state index contributed by atoms with van der Waals surface area (Å²) in [6.45, 7) is 2.02. The van der Waals surface area contributed by atoms with Gasteiger partial charge in [0, 0.05) is 25.5 Å². The van der Waals surface area contributed by atoms with E-state index in [0.717, 1.165) is 13.1 Å². The first-order valence-corrected chi connectivity index (χ1v) is 5.56. The normalized spacial score (nSPS) is 16.2. The highest BCUT2D eigenvalue weighted by atomic mass is 16.5. The van der Waals surface area contributed by atoms with E-state index in [0.29, 0.717) is 24.0 Å². The molecule has 2 aromatic heterocycles. The molecule has 1 saturated heterocycles. The largest absolute Gasteiger partial charge is 0.339 e. The standard InChI is InChI=1S/C11H10N6O/c12-1-4-17-6-8(7-17)11-15-10(16-18-11)9-5-13-2-3-14-9/h2-3,5,8H,4,6-7H2. The summed E-state index contributed by atoms with van der Waals surface area (Å²) in [5, 5.41) is 12.4. The summed E-state index contributed by atoms with van der Waals surface area (Å²) >= 11 is 0. The summed E-state index contributed by atoms with van der Waals surface area (Å²) in [6, 6.07) is 2.11. The van der Waals surface area contributed by atoms with Crippen LogP contribution >= 0.6 is 0 Å². The van der Waals surface area contributed by atoms with Crippen molar-refractivity contribution in [2.45, 2.75) is 5.92 Å². The van der Waals surface area contributed by atoms with Crippen LogP contribution in [-0.4, -0.2) is 44.6 Å². The second-order valence-corrected chi connectivity index (χ2v) is 4.10. The molecule has 0 N–H and O–H groups in total. The molecule has 0 amide bonds. The molecule has 0 atom stereocenters. The van der Waals surface area contributed by atoms with Gasteiger partial charge in [-0.2, -0.15) is 10.2 Å². The third-order valence-electron chi connectivity index (χ3n) is 2.83. The Kier molecular flexibility index (Phi) is 2.70. The second-order valence-electron chi connectivity index (χ2n) is 4.10. The van der Waals surface area contributed by atoms with Crippen molar-refractivity contribution in [1.29, 1.82) is 5.26 Å². The van der Waals surface area contributed by atoms with Crippen LogP contribution in [0.2, 0.25) is 0 Å². The van der Waals surface area contributed by atoms with E-state index in [1.807, 2.05) is 4.90 Å². The fourth-order valence-corrected chi connectivity index (χ4v) is 1.87. The van der Waals surface area contributed by atoms with Crippen LogP contribution in [0.1, 0.15) is 11.8 Å². The lowest BCUT2D eigenvalue weighted by Gasteiger charge is -2.34. The molecular formula is C11H10N6O. The van der Waals surface area contributed by atoms with Crippen LogP contribution in [-0.2, 0) is 0 Å². The quantitative estimate of drug-likeness (QED) is 0.721. The molecule has 1 aliphatic heterocycles. The van der Waals surface area contributed by atoms with Gasteiger partial charge >= 0.3 is 0 Å². The lowest BCUT2D eigenvalue weighted by atomic mass is 10.0. The highest BCUT2D eigenvalue weighted by Gasteiger charge is 2.32. The Labute approximate surface area is 103 Å². The Morgan fingerprint density at radius 2 is 2.33 bits per heavy atom. The molecule has 3 heterocycles. The van der Waals surface area contributed by atoms with Gasteiger partial charge in [0.15, 0.2) is 0 Å². The van der Waals surface area contributed by atoms with E-state index in [1.165, 1.54) is 0 Å². The highest BCUT2D eigenvalue weighted by Crippen LogP contribution is 2.26. The van der Waals surface area contributed by atoms with Crippen molar-refractivity contribution in [3.63, 3.8) is 0 Å². The summed E-state index contributed by atoms with van der Waals surface area (Å²) in [5.74, 6) is 1.28. The van der Waals surface area contributed by atoms with E-state index in [-0.39, 0.29) is 5.92 Å². The lowest BCUT2D eigenvalue weighted by Crippen LogP contribution is -2.45. The van der Waals surface area contributed by atoms with Crippen molar-refractivity contribution >= 4 is 0 Å². The molecule has 90 valence electrons. The number of hydrogen-bond donors (Lipinski definition) is 0. The first-order chi connectivity index (χ1) is 8.86. The average molecular weight is 242 g/mol. The highest BCUT2D eigenvalue weighted by molar-refractivity contribution is 5.45. The third-order valence-corrected chi connectivity index (χ3v) is 2.83. The molecule has 1 fully saturated rings. The van der Waals surface area contributed by atoms with Crippen molar-refractivity contribution in [2.24, 2.45) is 0 Å². The van der Waals surface area contributed by atoms with Gasteiger partial charge in [-0.3, -0.25) is 9.88 Å². The van der Waals surface area contributed by atoms with E-state index < -0.39 is 0 Å². The minimum Gasteiger partial charge on any atom is -0.339 e. The van der Waals surface area contributed by atoms with Crippen molar-refractivity contribution in [3.8, 4) is 17.6 Å². The summed E-state index contributed by atoms with van der Waals surface area (Å²) in [4.78, 5) is 14.4. The number of rotatable bonds is 3. The van der Waals surface area contributed by atoms with Crippen LogP contribution < -0.4 is 0 Å². The van der Waals surface area contributed by atoms with E-state index in [9.17, 15) is 0 Å². The minimum atomic E-state index is 0.219. The predicted molar refractivity (Wildman–Crippen MR) is 60.1 cm³/mol. The molecule has 7 nitrogen and oxygen atoms in total. The monoisotopic (exact) mass is 242 g/mol. The van der Waals surface area contributed by atoms with Gasteiger partial charge in [-0.05, 0) is 0 Å². The molecule has 3 rings (SSSR count). The lowest BCUT2D eigenvalue weighted by molar-refractivity contribution is 0.142. The van der Waals surface area contributed by atoms with Crippen LogP contribution in [0.25, 0.3) is 11.5 Å². The summed E-state index contributed by atoms with van der Waals surface area (Å²) in [7, 11) is 0. The molecule has 0 radical (unpaired) electrons. The van der Waals surface area contributed by atoms with E-state index >= 15 is 0 Å². The molecule has 0 saturated carbocycles. The van der Waals surface area contributed by atoms with Crippen LogP contribution in [0.5, 0.6) is 0 Å². The van der Waals surface area contributed by atoms with E-state index in [1.54, 1.807) is 18.6 Å². The number of nitriles is 1. The zero-order chi connectivity index (χ0) is 12.4. The second kappa shape index (κ2) is 4.50. The maximum Gasteiger partial charge on any atom is 0.232 e. The topological polar surface area (TPSA) is 91.7 Å². The van der Waals surface area contributed by atoms with Crippen molar-refractivity contribution in [1.82, 2.24) is 25.0 Å². The van der Waals surface area contributed by atoms with Gasteiger partial charge in [0.1, 0.15) is 5.69 Å². The molecule has 0 aromatic carbocycles. The fourth-order valence-electron chi connectivity index (χ4n) is 1.87. The summed E-state index contributed by atoms with van der Waals surface area (Å²) in [6.07, 6.45) is 4.77. The van der Waals surface area contributed by atoms with Crippen LogP contribution in [0.3, 0.4) is 0 Å². The van der Waals surface area contributed by atoms with Gasteiger partial charge < -0.3 is 4.52 Å². The Morgan fingerprint density at radius 1 is 1.44 bits per heavy atom. The molecule has 18 heavy (non-hydrogen) atoms. The Morgan fingerprint density at radius 3 is 3.06 bits per heavy atom. The number of hydrogen-bond acceptors (Lipinski definition) is 7. The average Bonchev–Trinajstić information content (AvgIpc) is 2.83. The molecule has 0 bridgehead atoms. The number of likely N-dealkylation sites (tertiary alicyclic amines) is 1. The molecule has 0 spiro atoms. The Hall–Kier alpha value is -2.33. The minimum absolute atomic E-state index is 0.219. The van der Waals surface area contributed by atoms with E-state index in [2.05, 4.69) is 26.2 Å². The van der Waals surface area contributed by atoms with Crippen LogP contribution in [0, 0.1) is 11.3 Å². The number of nitrogens with zero attached hydrogens (tertiary/aromatic N) is 6. The first kappa shape index (κ1) is 10.8.